The zero-order valence-corrected chi connectivity index (χ0v) is 16.8. The number of para-hydroxylation sites is 1. The van der Waals surface area contributed by atoms with E-state index < -0.39 is 5.97 Å². The van der Waals surface area contributed by atoms with Crippen molar-refractivity contribution in [3.63, 3.8) is 0 Å². The number of benzene rings is 2. The predicted octanol–water partition coefficient (Wildman–Crippen LogP) is 3.34. The van der Waals surface area contributed by atoms with Crippen LogP contribution in [-0.2, 0) is 14.3 Å². The van der Waals surface area contributed by atoms with Gasteiger partial charge in [0.25, 0.3) is 5.91 Å². The number of carbonyl (C=O) groups is 3. The Morgan fingerprint density at radius 3 is 2.38 bits per heavy atom. The number of piperidine rings is 1. The van der Waals surface area contributed by atoms with E-state index in [1.807, 2.05) is 56.3 Å². The van der Waals surface area contributed by atoms with E-state index in [4.69, 9.17) is 4.74 Å². The predicted molar refractivity (Wildman–Crippen MR) is 111 cm³/mol. The molecule has 0 bridgehead atoms. The maximum Gasteiger partial charge on any atom is 0.338 e. The fourth-order valence-corrected chi connectivity index (χ4v) is 3.50. The molecule has 1 aliphatic heterocycles. The molecule has 29 heavy (non-hydrogen) atoms. The first-order valence-electron chi connectivity index (χ1n) is 9.82. The van der Waals surface area contributed by atoms with Crippen molar-refractivity contribution in [3.8, 4) is 0 Å². The van der Waals surface area contributed by atoms with E-state index in [2.05, 4.69) is 5.32 Å². The number of ether oxygens (including phenoxy) is 1. The summed E-state index contributed by atoms with van der Waals surface area (Å²) in [5, 5.41) is 2.91. The van der Waals surface area contributed by atoms with Gasteiger partial charge in [0.05, 0.1) is 5.56 Å². The van der Waals surface area contributed by atoms with E-state index in [0.717, 1.165) is 16.8 Å². The Balaban J connectivity index is 1.45. The van der Waals surface area contributed by atoms with Crippen LogP contribution in [0.3, 0.4) is 0 Å². The number of nitrogens with one attached hydrogen (secondary N) is 1. The molecular weight excluding hydrogens is 368 g/mol. The second kappa shape index (κ2) is 9.37. The molecule has 0 aromatic heterocycles. The fourth-order valence-electron chi connectivity index (χ4n) is 3.50. The lowest BCUT2D eigenvalue weighted by atomic mass is 9.95. The summed E-state index contributed by atoms with van der Waals surface area (Å²) in [6.07, 6.45) is 1.19. The van der Waals surface area contributed by atoms with Crippen molar-refractivity contribution in [2.24, 2.45) is 5.92 Å². The molecule has 0 atom stereocenters. The third-order valence-corrected chi connectivity index (χ3v) is 5.19. The molecule has 1 fully saturated rings. The number of esters is 1. The third kappa shape index (κ3) is 5.44. The molecule has 6 nitrogen and oxygen atoms in total. The maximum atomic E-state index is 12.4. The molecule has 3 rings (SSSR count). The van der Waals surface area contributed by atoms with Crippen LogP contribution in [0.25, 0.3) is 0 Å². The van der Waals surface area contributed by atoms with E-state index in [1.165, 1.54) is 0 Å². The van der Waals surface area contributed by atoms with Crippen molar-refractivity contribution >= 4 is 23.5 Å². The van der Waals surface area contributed by atoms with Crippen molar-refractivity contribution in [2.75, 3.05) is 25.0 Å². The van der Waals surface area contributed by atoms with Crippen LogP contribution in [0.15, 0.2) is 48.5 Å². The van der Waals surface area contributed by atoms with Crippen LogP contribution in [0.5, 0.6) is 0 Å². The van der Waals surface area contributed by atoms with Crippen LogP contribution in [-0.4, -0.2) is 42.4 Å². The van der Waals surface area contributed by atoms with Gasteiger partial charge in [0.1, 0.15) is 0 Å². The Morgan fingerprint density at radius 2 is 1.72 bits per heavy atom. The number of likely N-dealkylation sites (tertiary alicyclic amines) is 1. The number of carbonyl (C=O) groups excluding carboxylic acids is 3. The van der Waals surface area contributed by atoms with E-state index in [-0.39, 0.29) is 24.3 Å². The van der Waals surface area contributed by atoms with Gasteiger partial charge in [0, 0.05) is 24.7 Å². The summed E-state index contributed by atoms with van der Waals surface area (Å²) in [6.45, 7) is 4.47. The van der Waals surface area contributed by atoms with E-state index >= 15 is 0 Å². The van der Waals surface area contributed by atoms with E-state index in [0.29, 0.717) is 31.5 Å². The molecule has 1 saturated heterocycles. The molecule has 152 valence electrons. The lowest BCUT2D eigenvalue weighted by Gasteiger charge is -2.31. The van der Waals surface area contributed by atoms with E-state index in [1.54, 1.807) is 11.0 Å². The third-order valence-electron chi connectivity index (χ3n) is 5.19. The number of aryl methyl sites for hydroxylation is 2. The Labute approximate surface area is 170 Å². The highest BCUT2D eigenvalue weighted by atomic mass is 16.5. The van der Waals surface area contributed by atoms with Crippen molar-refractivity contribution < 1.29 is 19.1 Å². The molecule has 6 heteroatoms. The molecular formula is C23H26N2O4. The number of hydrogen-bond donors (Lipinski definition) is 1. The fraction of sp³-hybridized carbons (Fsp3) is 0.348. The molecule has 2 aromatic carbocycles. The van der Waals surface area contributed by atoms with Gasteiger partial charge in [0.2, 0.25) is 5.91 Å². The summed E-state index contributed by atoms with van der Waals surface area (Å²) in [6, 6.07) is 14.8. The minimum atomic E-state index is -0.493. The van der Waals surface area contributed by atoms with Gasteiger partial charge >= 0.3 is 5.97 Å². The van der Waals surface area contributed by atoms with Gasteiger partial charge in [-0.3, -0.25) is 9.59 Å². The van der Waals surface area contributed by atoms with Crippen LogP contribution < -0.4 is 5.32 Å². The Bertz CT molecular complexity index is 887. The lowest BCUT2D eigenvalue weighted by Crippen LogP contribution is -2.43. The number of nitrogens with zero attached hydrogens (tertiary/aromatic N) is 1. The summed E-state index contributed by atoms with van der Waals surface area (Å²) < 4.78 is 5.21. The van der Waals surface area contributed by atoms with Gasteiger partial charge in [-0.25, -0.2) is 4.79 Å². The average molecular weight is 394 g/mol. The van der Waals surface area contributed by atoms with Crippen LogP contribution >= 0.6 is 0 Å². The number of rotatable bonds is 5. The van der Waals surface area contributed by atoms with Crippen LogP contribution in [0.1, 0.15) is 34.3 Å². The Kier molecular flexibility index (Phi) is 6.65. The highest BCUT2D eigenvalue weighted by molar-refractivity contribution is 5.93. The first kappa shape index (κ1) is 20.6. The first-order chi connectivity index (χ1) is 13.9. The molecule has 2 amide bonds. The van der Waals surface area contributed by atoms with Crippen molar-refractivity contribution in [2.45, 2.75) is 26.7 Å². The smallest absolute Gasteiger partial charge is 0.338 e. The maximum absolute atomic E-state index is 12.4. The minimum absolute atomic E-state index is 0.0235. The van der Waals surface area contributed by atoms with Gasteiger partial charge in [-0.15, -0.1) is 0 Å². The van der Waals surface area contributed by atoms with Gasteiger partial charge < -0.3 is 15.0 Å². The second-order valence-electron chi connectivity index (χ2n) is 7.40. The Morgan fingerprint density at radius 1 is 1.03 bits per heavy atom. The molecule has 2 aromatic rings. The first-order valence-corrected chi connectivity index (χ1v) is 9.82. The minimum Gasteiger partial charge on any atom is -0.452 e. The molecule has 0 aliphatic carbocycles. The molecule has 0 spiro atoms. The molecule has 0 unspecified atom stereocenters. The number of amides is 2. The normalized spacial score (nSPS) is 14.3. The van der Waals surface area contributed by atoms with E-state index in [9.17, 15) is 14.4 Å². The number of hydrogen-bond acceptors (Lipinski definition) is 4. The summed E-state index contributed by atoms with van der Waals surface area (Å²) in [5.41, 5.74) is 3.14. The monoisotopic (exact) mass is 394 g/mol. The lowest BCUT2D eigenvalue weighted by molar-refractivity contribution is -0.137. The molecule has 1 aliphatic rings. The van der Waals surface area contributed by atoms with Crippen molar-refractivity contribution in [1.29, 1.82) is 0 Å². The van der Waals surface area contributed by atoms with Gasteiger partial charge in [-0.2, -0.15) is 0 Å². The topological polar surface area (TPSA) is 75.7 Å². The zero-order chi connectivity index (χ0) is 20.8. The standard InChI is InChI=1S/C23H26N2O4/c1-16-8-9-20(17(2)14-16)23(28)29-15-21(26)25-12-10-18(11-13-25)22(27)24-19-6-4-3-5-7-19/h3-9,14,18H,10-13,15H2,1-2H3,(H,24,27). The zero-order valence-electron chi connectivity index (χ0n) is 16.8. The van der Waals surface area contributed by atoms with Crippen LogP contribution in [0, 0.1) is 19.8 Å². The Hall–Kier alpha value is -3.15. The molecule has 1 heterocycles. The highest BCUT2D eigenvalue weighted by Gasteiger charge is 2.28. The van der Waals surface area contributed by atoms with Gasteiger partial charge in [-0.1, -0.05) is 35.9 Å². The van der Waals surface area contributed by atoms with Gasteiger partial charge in [-0.05, 0) is 50.5 Å². The average Bonchev–Trinajstić information content (AvgIpc) is 2.72. The SMILES string of the molecule is Cc1ccc(C(=O)OCC(=O)N2CCC(C(=O)Nc3ccccc3)CC2)c(C)c1. The van der Waals surface area contributed by atoms with Crippen molar-refractivity contribution in [1.82, 2.24) is 4.90 Å². The van der Waals surface area contributed by atoms with Crippen LogP contribution in [0.2, 0.25) is 0 Å². The number of anilines is 1. The highest BCUT2D eigenvalue weighted by Crippen LogP contribution is 2.20. The molecule has 0 radical (unpaired) electrons. The van der Waals surface area contributed by atoms with Crippen LogP contribution in [0.4, 0.5) is 5.69 Å². The second-order valence-corrected chi connectivity index (χ2v) is 7.40. The molecule has 1 N–H and O–H groups in total. The quantitative estimate of drug-likeness (QED) is 0.789. The van der Waals surface area contributed by atoms with Gasteiger partial charge in [0.15, 0.2) is 6.61 Å². The largest absolute Gasteiger partial charge is 0.452 e. The molecule has 0 saturated carbocycles. The summed E-state index contributed by atoms with van der Waals surface area (Å²) in [7, 11) is 0. The summed E-state index contributed by atoms with van der Waals surface area (Å²) >= 11 is 0. The van der Waals surface area contributed by atoms with Crippen molar-refractivity contribution in [3.05, 3.63) is 65.2 Å². The summed E-state index contributed by atoms with van der Waals surface area (Å²) in [5.74, 6) is -0.875. The summed E-state index contributed by atoms with van der Waals surface area (Å²) in [4.78, 5) is 38.7.